The van der Waals surface area contributed by atoms with Crippen LogP contribution in [-0.4, -0.2) is 11.8 Å². The summed E-state index contributed by atoms with van der Waals surface area (Å²) >= 11 is 0. The van der Waals surface area contributed by atoms with E-state index in [1.807, 2.05) is 0 Å². The molecule has 0 aliphatic rings. The van der Waals surface area contributed by atoms with Gasteiger partial charge in [0.15, 0.2) is 0 Å². The highest BCUT2D eigenvalue weighted by Crippen LogP contribution is 2.14. The molecule has 0 aliphatic carbocycles. The van der Waals surface area contributed by atoms with Gasteiger partial charge in [-0.1, -0.05) is 168 Å². The Labute approximate surface area is 233 Å². The maximum absolute atomic E-state index is 12.0. The lowest BCUT2D eigenvalue weighted by molar-refractivity contribution is -0.130. The number of carbonyl (C=O) groups excluding carboxylic acids is 2. The van der Waals surface area contributed by atoms with Gasteiger partial charge in [0.25, 0.3) is 0 Å². The van der Waals surface area contributed by atoms with Crippen LogP contribution in [0.15, 0.2) is 13.2 Å². The van der Waals surface area contributed by atoms with Crippen LogP contribution in [0.3, 0.4) is 0 Å². The van der Waals surface area contributed by atoms with Crippen LogP contribution < -0.4 is 5.32 Å². The Bertz CT molecular complexity index is 423. The summed E-state index contributed by atoms with van der Waals surface area (Å²) in [6.45, 7) is 10.5. The number of nitrogens with one attached hydrogen (secondary N) is 1. The first kappa shape index (κ1) is 38.0. The van der Waals surface area contributed by atoms with Gasteiger partial charge in [-0.3, -0.25) is 14.9 Å². The minimum atomic E-state index is -0.0761. The predicted molar refractivity (Wildman–Crippen MR) is 165 cm³/mol. The third-order valence-electron chi connectivity index (χ3n) is 7.29. The molecule has 0 bridgehead atoms. The van der Waals surface area contributed by atoms with Gasteiger partial charge in [0, 0.05) is 12.8 Å². The summed E-state index contributed by atoms with van der Waals surface area (Å²) in [6, 6.07) is 0. The topological polar surface area (TPSA) is 46.2 Å². The molecule has 37 heavy (non-hydrogen) atoms. The molecule has 3 nitrogen and oxygen atoms in total. The maximum Gasteiger partial charge on any atom is 0.226 e. The standard InChI is InChI=1S/C32H63NO2.C2H4/c1-3-5-7-9-11-13-15-17-19-21-23-25-27-29-31(34)33-32(35)30-28-26-24-22-20-18-16-14-12-10-8-6-4-2;1-2/h3-30H2,1-2H3,(H,33,34,35);1-2H2. The van der Waals surface area contributed by atoms with Gasteiger partial charge in [0.05, 0.1) is 0 Å². The van der Waals surface area contributed by atoms with Crippen molar-refractivity contribution in [2.45, 2.75) is 194 Å². The molecule has 3 heteroatoms. The Morgan fingerprint density at radius 1 is 0.378 bits per heavy atom. The summed E-state index contributed by atoms with van der Waals surface area (Å²) < 4.78 is 0. The van der Waals surface area contributed by atoms with Crippen LogP contribution in [0.1, 0.15) is 194 Å². The number of amides is 2. The fourth-order valence-electron chi connectivity index (χ4n) is 4.89. The van der Waals surface area contributed by atoms with Gasteiger partial charge >= 0.3 is 0 Å². The summed E-state index contributed by atoms with van der Waals surface area (Å²) in [5, 5.41) is 2.59. The monoisotopic (exact) mass is 522 g/mol. The molecule has 0 aromatic rings. The highest BCUT2D eigenvalue weighted by Gasteiger charge is 2.07. The average Bonchev–Trinajstić information content (AvgIpc) is 2.90. The van der Waals surface area contributed by atoms with Crippen molar-refractivity contribution in [3.63, 3.8) is 0 Å². The molecule has 0 saturated heterocycles. The van der Waals surface area contributed by atoms with E-state index in [0.29, 0.717) is 12.8 Å². The molecular formula is C34H67NO2. The van der Waals surface area contributed by atoms with Gasteiger partial charge in [0.1, 0.15) is 0 Å². The summed E-state index contributed by atoms with van der Waals surface area (Å²) in [7, 11) is 0. The van der Waals surface area contributed by atoms with E-state index in [1.165, 1.54) is 141 Å². The first-order valence-corrected chi connectivity index (χ1v) is 16.5. The van der Waals surface area contributed by atoms with Crippen molar-refractivity contribution >= 4 is 11.8 Å². The second kappa shape index (κ2) is 34.9. The summed E-state index contributed by atoms with van der Waals surface area (Å²) in [5.41, 5.74) is 0. The maximum atomic E-state index is 12.0. The molecule has 0 saturated carbocycles. The molecule has 2 amide bonds. The number of rotatable bonds is 28. The lowest BCUT2D eigenvalue weighted by Gasteiger charge is -2.05. The van der Waals surface area contributed by atoms with Gasteiger partial charge in [0.2, 0.25) is 11.8 Å². The van der Waals surface area contributed by atoms with E-state index in [-0.39, 0.29) is 11.8 Å². The molecule has 0 aromatic carbocycles. The Morgan fingerprint density at radius 2 is 0.568 bits per heavy atom. The molecule has 0 unspecified atom stereocenters. The predicted octanol–water partition coefficient (Wildman–Crippen LogP) is 11.4. The van der Waals surface area contributed by atoms with Crippen LogP contribution in [0.4, 0.5) is 0 Å². The van der Waals surface area contributed by atoms with Crippen molar-refractivity contribution < 1.29 is 9.59 Å². The number of imide groups is 1. The van der Waals surface area contributed by atoms with Crippen LogP contribution in [0.2, 0.25) is 0 Å². The molecule has 1 N–H and O–H groups in total. The number of unbranched alkanes of at least 4 members (excludes halogenated alkanes) is 24. The van der Waals surface area contributed by atoms with Crippen LogP contribution >= 0.6 is 0 Å². The zero-order valence-electron chi connectivity index (χ0n) is 25.5. The lowest BCUT2D eigenvalue weighted by atomic mass is 10.0. The van der Waals surface area contributed by atoms with Gasteiger partial charge in [-0.25, -0.2) is 0 Å². The molecule has 0 heterocycles. The highest BCUT2D eigenvalue weighted by atomic mass is 16.2. The van der Waals surface area contributed by atoms with E-state index in [2.05, 4.69) is 32.3 Å². The van der Waals surface area contributed by atoms with Gasteiger partial charge < -0.3 is 0 Å². The second-order valence-corrected chi connectivity index (χ2v) is 11.0. The molecule has 0 aliphatic heterocycles. The van der Waals surface area contributed by atoms with Crippen molar-refractivity contribution in [3.8, 4) is 0 Å². The molecule has 0 spiro atoms. The van der Waals surface area contributed by atoms with E-state index in [0.717, 1.165) is 25.7 Å². The Morgan fingerprint density at radius 3 is 0.784 bits per heavy atom. The third kappa shape index (κ3) is 34.9. The number of hydrogen-bond donors (Lipinski definition) is 1. The van der Waals surface area contributed by atoms with Crippen LogP contribution in [0, 0.1) is 0 Å². The van der Waals surface area contributed by atoms with Crippen molar-refractivity contribution in [2.75, 3.05) is 0 Å². The number of hydrogen-bond acceptors (Lipinski definition) is 2. The van der Waals surface area contributed by atoms with Crippen LogP contribution in [-0.2, 0) is 9.59 Å². The smallest absolute Gasteiger partial charge is 0.226 e. The second-order valence-electron chi connectivity index (χ2n) is 11.0. The van der Waals surface area contributed by atoms with Crippen molar-refractivity contribution in [1.29, 1.82) is 0 Å². The summed E-state index contributed by atoms with van der Waals surface area (Å²) in [5.74, 6) is -0.152. The van der Waals surface area contributed by atoms with Crippen LogP contribution in [0.25, 0.3) is 0 Å². The lowest BCUT2D eigenvalue weighted by Crippen LogP contribution is -2.29. The molecule has 220 valence electrons. The zero-order chi connectivity index (χ0) is 27.7. The minimum Gasteiger partial charge on any atom is -0.296 e. The van der Waals surface area contributed by atoms with Gasteiger partial charge in [-0.05, 0) is 12.8 Å². The fraction of sp³-hybridized carbons (Fsp3) is 0.882. The van der Waals surface area contributed by atoms with Crippen molar-refractivity contribution in [1.82, 2.24) is 5.32 Å². The van der Waals surface area contributed by atoms with Gasteiger partial charge in [-0.15, -0.1) is 13.2 Å². The van der Waals surface area contributed by atoms with Crippen LogP contribution in [0.5, 0.6) is 0 Å². The van der Waals surface area contributed by atoms with E-state index in [1.54, 1.807) is 0 Å². The SMILES string of the molecule is C=C.CCCCCCCCCCCCCCCC(=O)NC(=O)CCCCCCCCCCCCCCC. The van der Waals surface area contributed by atoms with Crippen molar-refractivity contribution in [3.05, 3.63) is 13.2 Å². The molecule has 0 fully saturated rings. The third-order valence-corrected chi connectivity index (χ3v) is 7.29. The zero-order valence-corrected chi connectivity index (χ0v) is 25.5. The normalized spacial score (nSPS) is 10.6. The quantitative estimate of drug-likeness (QED) is 0.0821. The molecular weight excluding hydrogens is 454 g/mol. The number of carbonyl (C=O) groups is 2. The largest absolute Gasteiger partial charge is 0.296 e. The molecule has 0 atom stereocenters. The molecule has 0 radical (unpaired) electrons. The van der Waals surface area contributed by atoms with E-state index < -0.39 is 0 Å². The highest BCUT2D eigenvalue weighted by molar-refractivity contribution is 5.95. The summed E-state index contributed by atoms with van der Waals surface area (Å²) in [6.07, 6.45) is 34.9. The molecule has 0 rings (SSSR count). The summed E-state index contributed by atoms with van der Waals surface area (Å²) in [4.78, 5) is 23.9. The first-order chi connectivity index (χ1) is 18.2. The van der Waals surface area contributed by atoms with Gasteiger partial charge in [-0.2, -0.15) is 0 Å². The average molecular weight is 522 g/mol. The fourth-order valence-corrected chi connectivity index (χ4v) is 4.89. The van der Waals surface area contributed by atoms with E-state index >= 15 is 0 Å². The van der Waals surface area contributed by atoms with E-state index in [9.17, 15) is 9.59 Å². The Hall–Kier alpha value is -1.12. The van der Waals surface area contributed by atoms with Crippen molar-refractivity contribution in [2.24, 2.45) is 0 Å². The Kier molecular flexibility index (Phi) is 35.9. The molecule has 0 aromatic heterocycles. The Balaban J connectivity index is 0. The first-order valence-electron chi connectivity index (χ1n) is 16.5. The minimum absolute atomic E-state index is 0.0761. The van der Waals surface area contributed by atoms with E-state index in [4.69, 9.17) is 0 Å².